The number of esters is 1. The predicted octanol–water partition coefficient (Wildman–Crippen LogP) is 7.64. The van der Waals surface area contributed by atoms with Crippen LogP contribution in [-0.2, 0) is 6.42 Å². The van der Waals surface area contributed by atoms with Crippen LogP contribution in [0.4, 0.5) is 13.2 Å². The maximum Gasteiger partial charge on any atom is 0.343 e. The molecule has 0 heterocycles. The molecule has 0 radical (unpaired) electrons. The molecule has 0 saturated carbocycles. The molecular formula is C27H25F3O3. The van der Waals surface area contributed by atoms with Crippen LogP contribution in [0, 0.1) is 17.5 Å². The van der Waals surface area contributed by atoms with Gasteiger partial charge in [-0.2, -0.15) is 8.78 Å². The largest absolute Gasteiger partial charge is 0.462 e. The average Bonchev–Trinajstić information content (AvgIpc) is 2.82. The summed E-state index contributed by atoms with van der Waals surface area (Å²) in [5.41, 5.74) is 2.07. The molecule has 3 nitrogen and oxygen atoms in total. The Hall–Kier alpha value is -3.54. The van der Waals surface area contributed by atoms with Crippen LogP contribution >= 0.6 is 0 Å². The molecule has 0 atom stereocenters. The molecule has 0 aliphatic rings. The van der Waals surface area contributed by atoms with Crippen molar-refractivity contribution < 1.29 is 27.4 Å². The first-order valence-corrected chi connectivity index (χ1v) is 10.8. The van der Waals surface area contributed by atoms with Crippen molar-refractivity contribution in [3.63, 3.8) is 0 Å². The van der Waals surface area contributed by atoms with Gasteiger partial charge in [0.05, 0.1) is 11.8 Å². The van der Waals surface area contributed by atoms with E-state index in [0.29, 0.717) is 11.1 Å². The van der Waals surface area contributed by atoms with Gasteiger partial charge in [0.2, 0.25) is 11.6 Å². The number of hydrogen-bond donors (Lipinski definition) is 0. The van der Waals surface area contributed by atoms with Gasteiger partial charge >= 0.3 is 5.97 Å². The molecule has 3 aromatic carbocycles. The van der Waals surface area contributed by atoms with Crippen LogP contribution in [0.15, 0.2) is 66.9 Å². The molecule has 6 heteroatoms. The average molecular weight is 454 g/mol. The highest BCUT2D eigenvalue weighted by Crippen LogP contribution is 2.29. The van der Waals surface area contributed by atoms with E-state index in [-0.39, 0.29) is 11.3 Å². The monoisotopic (exact) mass is 454 g/mol. The summed E-state index contributed by atoms with van der Waals surface area (Å²) in [7, 11) is 0. The maximum atomic E-state index is 14.7. The number of allylic oxidation sites excluding steroid dienone is 1. The number of unbranched alkanes of at least 4 members (excludes halogenated alkanes) is 2. The van der Waals surface area contributed by atoms with Crippen molar-refractivity contribution in [2.45, 2.75) is 39.5 Å². The van der Waals surface area contributed by atoms with Crippen LogP contribution in [-0.4, -0.2) is 5.97 Å². The first kappa shape index (κ1) is 24.1. The third-order valence-electron chi connectivity index (χ3n) is 5.08. The summed E-state index contributed by atoms with van der Waals surface area (Å²) in [5, 5.41) is 0. The maximum absolute atomic E-state index is 14.7. The van der Waals surface area contributed by atoms with Crippen molar-refractivity contribution in [1.29, 1.82) is 0 Å². The van der Waals surface area contributed by atoms with Crippen LogP contribution in [0.5, 0.6) is 11.5 Å². The van der Waals surface area contributed by atoms with E-state index < -0.39 is 29.2 Å². The molecular weight excluding hydrogens is 429 g/mol. The van der Waals surface area contributed by atoms with Gasteiger partial charge in [-0.15, -0.1) is 0 Å². The highest BCUT2D eigenvalue weighted by Gasteiger charge is 2.19. The number of rotatable bonds is 9. The molecule has 0 aromatic heterocycles. The first-order chi connectivity index (χ1) is 15.9. The Labute approximate surface area is 191 Å². The van der Waals surface area contributed by atoms with Gasteiger partial charge in [-0.05, 0) is 55.2 Å². The summed E-state index contributed by atoms with van der Waals surface area (Å²) in [6, 6.07) is 13.7. The quantitative estimate of drug-likeness (QED) is 0.144. The van der Waals surface area contributed by atoms with E-state index in [1.807, 2.05) is 24.3 Å². The zero-order valence-electron chi connectivity index (χ0n) is 18.5. The minimum atomic E-state index is -1.37. The number of aryl methyl sites for hydroxylation is 1. The van der Waals surface area contributed by atoms with Crippen LogP contribution in [0.1, 0.15) is 49.0 Å². The number of benzene rings is 3. The second-order valence-electron chi connectivity index (χ2n) is 7.52. The van der Waals surface area contributed by atoms with Gasteiger partial charge < -0.3 is 9.47 Å². The second kappa shape index (κ2) is 11.4. The molecule has 0 N–H and O–H groups in total. The highest BCUT2D eigenvalue weighted by molar-refractivity contribution is 5.91. The molecule has 0 fully saturated rings. The minimum absolute atomic E-state index is 0.124. The van der Waals surface area contributed by atoms with Gasteiger partial charge in [-0.25, -0.2) is 9.18 Å². The smallest absolute Gasteiger partial charge is 0.343 e. The van der Waals surface area contributed by atoms with Crippen molar-refractivity contribution >= 4 is 5.97 Å². The summed E-state index contributed by atoms with van der Waals surface area (Å²) >= 11 is 0. The number of carbonyl (C=O) groups excluding carboxylic acids is 1. The number of halogens is 3. The molecule has 172 valence electrons. The third-order valence-corrected chi connectivity index (χ3v) is 5.08. The van der Waals surface area contributed by atoms with E-state index in [4.69, 9.17) is 9.47 Å². The van der Waals surface area contributed by atoms with Gasteiger partial charge in [0, 0.05) is 5.56 Å². The Morgan fingerprint density at radius 3 is 2.27 bits per heavy atom. The van der Waals surface area contributed by atoms with Crippen LogP contribution in [0.25, 0.3) is 11.1 Å². The van der Waals surface area contributed by atoms with Gasteiger partial charge in [0.25, 0.3) is 0 Å². The summed E-state index contributed by atoms with van der Waals surface area (Å²) in [4.78, 5) is 12.4. The Kier molecular flexibility index (Phi) is 8.30. The van der Waals surface area contributed by atoms with Crippen LogP contribution in [0.2, 0.25) is 0 Å². The Bertz CT molecular complexity index is 1140. The fourth-order valence-corrected chi connectivity index (χ4v) is 3.29. The molecule has 33 heavy (non-hydrogen) atoms. The molecule has 0 amide bonds. The third kappa shape index (κ3) is 6.04. The fourth-order valence-electron chi connectivity index (χ4n) is 3.29. The number of carbonyl (C=O) groups is 1. The standard InChI is InChI=1S/C27H25F3O3/c1-3-5-6-7-18-8-10-19(11-9-18)21-13-12-20(17-22(21)28)27(31)33-24-15-14-23(32-16-4-2)25(29)26(24)30/h4,8-17H,3,5-7H2,1-2H3. The van der Waals surface area contributed by atoms with Gasteiger partial charge in [0.15, 0.2) is 11.5 Å². The van der Waals surface area contributed by atoms with E-state index >= 15 is 0 Å². The lowest BCUT2D eigenvalue weighted by Gasteiger charge is -2.10. The molecule has 0 unspecified atom stereocenters. The molecule has 0 spiro atoms. The predicted molar refractivity (Wildman–Crippen MR) is 122 cm³/mol. The lowest BCUT2D eigenvalue weighted by Crippen LogP contribution is -2.11. The van der Waals surface area contributed by atoms with Crippen molar-refractivity contribution in [2.24, 2.45) is 0 Å². The summed E-state index contributed by atoms with van der Waals surface area (Å²) < 4.78 is 52.9. The summed E-state index contributed by atoms with van der Waals surface area (Å²) in [6.45, 7) is 3.80. The lowest BCUT2D eigenvalue weighted by molar-refractivity contribution is 0.0726. The normalized spacial score (nSPS) is 11.1. The first-order valence-electron chi connectivity index (χ1n) is 10.8. The van der Waals surface area contributed by atoms with Crippen molar-refractivity contribution in [1.82, 2.24) is 0 Å². The van der Waals surface area contributed by atoms with E-state index in [1.54, 1.807) is 6.92 Å². The SMILES string of the molecule is CC=COc1ccc(OC(=O)c2ccc(-c3ccc(CCCCC)cc3)c(F)c2)c(F)c1F. The fraction of sp³-hybridized carbons (Fsp3) is 0.222. The molecule has 0 saturated heterocycles. The number of ether oxygens (including phenoxy) is 2. The van der Waals surface area contributed by atoms with Crippen molar-refractivity contribution in [2.75, 3.05) is 0 Å². The minimum Gasteiger partial charge on any atom is -0.462 e. The van der Waals surface area contributed by atoms with Crippen molar-refractivity contribution in [3.8, 4) is 22.6 Å². The van der Waals surface area contributed by atoms with Gasteiger partial charge in [0.1, 0.15) is 5.82 Å². The topological polar surface area (TPSA) is 35.5 Å². The van der Waals surface area contributed by atoms with Gasteiger partial charge in [-0.1, -0.05) is 56.2 Å². The van der Waals surface area contributed by atoms with E-state index in [1.165, 1.54) is 36.5 Å². The highest BCUT2D eigenvalue weighted by atomic mass is 19.2. The Morgan fingerprint density at radius 2 is 1.61 bits per heavy atom. The summed E-state index contributed by atoms with van der Waals surface area (Å²) in [6.07, 6.45) is 7.09. The van der Waals surface area contributed by atoms with Crippen molar-refractivity contribution in [3.05, 3.63) is 95.5 Å². The van der Waals surface area contributed by atoms with Crippen LogP contribution in [0.3, 0.4) is 0 Å². The molecule has 3 rings (SSSR count). The lowest BCUT2D eigenvalue weighted by atomic mass is 10.00. The Balaban J connectivity index is 1.73. The van der Waals surface area contributed by atoms with E-state index in [2.05, 4.69) is 6.92 Å². The summed E-state index contributed by atoms with van der Waals surface area (Å²) in [5.74, 6) is -5.26. The van der Waals surface area contributed by atoms with Crippen LogP contribution < -0.4 is 9.47 Å². The Morgan fingerprint density at radius 1 is 0.909 bits per heavy atom. The molecule has 0 bridgehead atoms. The second-order valence-corrected chi connectivity index (χ2v) is 7.52. The molecule has 0 aliphatic heterocycles. The van der Waals surface area contributed by atoms with E-state index in [9.17, 15) is 18.0 Å². The zero-order valence-corrected chi connectivity index (χ0v) is 18.5. The van der Waals surface area contributed by atoms with E-state index in [0.717, 1.165) is 37.5 Å². The molecule has 3 aromatic rings. The zero-order chi connectivity index (χ0) is 23.8. The number of hydrogen-bond acceptors (Lipinski definition) is 3. The molecule has 0 aliphatic carbocycles. The van der Waals surface area contributed by atoms with Gasteiger partial charge in [-0.3, -0.25) is 0 Å².